The molecule has 0 aliphatic heterocycles. The summed E-state index contributed by atoms with van der Waals surface area (Å²) in [5, 5.41) is 3.50. The maximum Gasteiger partial charge on any atom is 0.159 e. The van der Waals surface area contributed by atoms with Crippen LogP contribution in [0.1, 0.15) is 76.1 Å². The first kappa shape index (κ1) is 16.2. The Morgan fingerprint density at radius 3 is 2.62 bits per heavy atom. The van der Waals surface area contributed by atoms with Crippen molar-refractivity contribution in [2.24, 2.45) is 0 Å². The summed E-state index contributed by atoms with van der Waals surface area (Å²) in [5.41, 5.74) is 2.58. The number of fused-ring (bicyclic) bond motifs is 1. The van der Waals surface area contributed by atoms with Crippen molar-refractivity contribution >= 4 is 5.82 Å². The first-order chi connectivity index (χ1) is 10.3. The van der Waals surface area contributed by atoms with Crippen LogP contribution in [0.2, 0.25) is 0 Å². The van der Waals surface area contributed by atoms with Crippen LogP contribution < -0.4 is 5.32 Å². The Morgan fingerprint density at radius 2 is 1.90 bits per heavy atom. The summed E-state index contributed by atoms with van der Waals surface area (Å²) in [5.74, 6) is 1.93. The molecule has 1 heterocycles. The number of anilines is 1. The number of aromatic nitrogens is 2. The standard InChI is InChI=1S/C17H29N3O/c1-4-9-15(21-6-3)17-19-14-11-8-7-10-13(14)16(20-17)18-12-5-2/h15H,4-12H2,1-3H3,(H,18,19,20). The molecular weight excluding hydrogens is 262 g/mol. The van der Waals surface area contributed by atoms with Crippen molar-refractivity contribution in [1.82, 2.24) is 9.97 Å². The molecule has 0 saturated heterocycles. The minimum Gasteiger partial charge on any atom is -0.371 e. The number of rotatable bonds is 8. The van der Waals surface area contributed by atoms with Gasteiger partial charge in [-0.1, -0.05) is 20.3 Å². The summed E-state index contributed by atoms with van der Waals surface area (Å²) in [4.78, 5) is 9.66. The van der Waals surface area contributed by atoms with Crippen molar-refractivity contribution in [2.75, 3.05) is 18.5 Å². The molecule has 1 aliphatic rings. The predicted molar refractivity (Wildman–Crippen MR) is 86.7 cm³/mol. The molecule has 0 aromatic carbocycles. The Hall–Kier alpha value is -1.16. The molecule has 0 fully saturated rings. The normalized spacial score (nSPS) is 15.6. The lowest BCUT2D eigenvalue weighted by Crippen LogP contribution is -2.18. The number of hydrogen-bond acceptors (Lipinski definition) is 4. The minimum absolute atomic E-state index is 0.0365. The van der Waals surface area contributed by atoms with Gasteiger partial charge in [0.1, 0.15) is 11.9 Å². The second kappa shape index (κ2) is 8.32. The van der Waals surface area contributed by atoms with E-state index in [0.29, 0.717) is 6.61 Å². The number of ether oxygens (including phenoxy) is 1. The predicted octanol–water partition coefficient (Wildman–Crippen LogP) is 4.06. The van der Waals surface area contributed by atoms with Crippen LogP contribution in [0.25, 0.3) is 0 Å². The average Bonchev–Trinajstić information content (AvgIpc) is 2.52. The molecule has 0 bridgehead atoms. The zero-order valence-corrected chi connectivity index (χ0v) is 13.7. The van der Waals surface area contributed by atoms with E-state index in [-0.39, 0.29) is 6.10 Å². The second-order valence-electron chi connectivity index (χ2n) is 5.72. The van der Waals surface area contributed by atoms with Crippen LogP contribution >= 0.6 is 0 Å². The first-order valence-corrected chi connectivity index (χ1v) is 8.55. The fourth-order valence-corrected chi connectivity index (χ4v) is 2.90. The van der Waals surface area contributed by atoms with Gasteiger partial charge in [0.25, 0.3) is 0 Å². The van der Waals surface area contributed by atoms with Crippen molar-refractivity contribution in [3.8, 4) is 0 Å². The molecule has 1 unspecified atom stereocenters. The highest BCUT2D eigenvalue weighted by molar-refractivity contribution is 5.48. The first-order valence-electron chi connectivity index (χ1n) is 8.55. The Kier molecular flexibility index (Phi) is 6.43. The maximum absolute atomic E-state index is 5.87. The summed E-state index contributed by atoms with van der Waals surface area (Å²) in [7, 11) is 0. The molecule has 118 valence electrons. The minimum atomic E-state index is 0.0365. The molecule has 0 radical (unpaired) electrons. The van der Waals surface area contributed by atoms with Gasteiger partial charge in [-0.15, -0.1) is 0 Å². The van der Waals surface area contributed by atoms with E-state index in [4.69, 9.17) is 14.7 Å². The summed E-state index contributed by atoms with van der Waals surface area (Å²) in [6, 6.07) is 0. The number of hydrogen-bond donors (Lipinski definition) is 1. The molecule has 21 heavy (non-hydrogen) atoms. The van der Waals surface area contributed by atoms with Crippen LogP contribution in [0.4, 0.5) is 5.82 Å². The van der Waals surface area contributed by atoms with Crippen molar-refractivity contribution < 1.29 is 4.74 Å². The zero-order valence-electron chi connectivity index (χ0n) is 13.7. The van der Waals surface area contributed by atoms with E-state index in [9.17, 15) is 0 Å². The molecular formula is C17H29N3O. The molecule has 0 amide bonds. The van der Waals surface area contributed by atoms with Gasteiger partial charge in [0.15, 0.2) is 5.82 Å². The Labute approximate surface area is 128 Å². The van der Waals surface area contributed by atoms with Crippen LogP contribution in [0.5, 0.6) is 0 Å². The molecule has 2 rings (SSSR count). The second-order valence-corrected chi connectivity index (χ2v) is 5.72. The van der Waals surface area contributed by atoms with E-state index >= 15 is 0 Å². The van der Waals surface area contributed by atoms with Crippen LogP contribution in [-0.2, 0) is 17.6 Å². The van der Waals surface area contributed by atoms with Crippen molar-refractivity contribution in [3.63, 3.8) is 0 Å². The molecule has 1 N–H and O–H groups in total. The molecule has 0 spiro atoms. The fraction of sp³-hybridized carbons (Fsp3) is 0.765. The summed E-state index contributed by atoms with van der Waals surface area (Å²) >= 11 is 0. The van der Waals surface area contributed by atoms with Crippen molar-refractivity contribution in [3.05, 3.63) is 17.1 Å². The zero-order chi connectivity index (χ0) is 15.1. The Balaban J connectivity index is 2.31. The average molecular weight is 291 g/mol. The van der Waals surface area contributed by atoms with Gasteiger partial charge in [0.05, 0.1) is 0 Å². The molecule has 1 atom stereocenters. The van der Waals surface area contributed by atoms with Crippen LogP contribution in [0.3, 0.4) is 0 Å². The van der Waals surface area contributed by atoms with Gasteiger partial charge in [-0.25, -0.2) is 9.97 Å². The molecule has 4 heteroatoms. The smallest absolute Gasteiger partial charge is 0.159 e. The third kappa shape index (κ3) is 4.16. The lowest BCUT2D eigenvalue weighted by molar-refractivity contribution is 0.0492. The third-order valence-electron chi connectivity index (χ3n) is 3.95. The van der Waals surface area contributed by atoms with Crippen LogP contribution in [0, 0.1) is 0 Å². The van der Waals surface area contributed by atoms with Gasteiger partial charge in [-0.05, 0) is 45.4 Å². The Morgan fingerprint density at radius 1 is 1.10 bits per heavy atom. The fourth-order valence-electron chi connectivity index (χ4n) is 2.90. The van der Waals surface area contributed by atoms with Gasteiger partial charge < -0.3 is 10.1 Å². The van der Waals surface area contributed by atoms with E-state index in [2.05, 4.69) is 19.2 Å². The van der Waals surface area contributed by atoms with E-state index in [1.54, 1.807) is 0 Å². The quantitative estimate of drug-likeness (QED) is 0.784. The summed E-state index contributed by atoms with van der Waals surface area (Å²) in [6.07, 6.45) is 7.89. The van der Waals surface area contributed by atoms with Crippen molar-refractivity contribution in [1.29, 1.82) is 0 Å². The van der Waals surface area contributed by atoms with Gasteiger partial charge >= 0.3 is 0 Å². The number of nitrogens with one attached hydrogen (secondary N) is 1. The van der Waals surface area contributed by atoms with Crippen LogP contribution in [-0.4, -0.2) is 23.1 Å². The molecule has 1 aromatic heterocycles. The monoisotopic (exact) mass is 291 g/mol. The molecule has 1 aliphatic carbocycles. The highest BCUT2D eigenvalue weighted by Gasteiger charge is 2.21. The summed E-state index contributed by atoms with van der Waals surface area (Å²) in [6.45, 7) is 8.08. The van der Waals surface area contributed by atoms with Gasteiger partial charge in [0, 0.05) is 24.4 Å². The third-order valence-corrected chi connectivity index (χ3v) is 3.95. The lowest BCUT2D eigenvalue weighted by Gasteiger charge is -2.22. The van der Waals surface area contributed by atoms with E-state index in [0.717, 1.165) is 50.3 Å². The van der Waals surface area contributed by atoms with E-state index in [1.807, 2.05) is 6.92 Å². The summed E-state index contributed by atoms with van der Waals surface area (Å²) < 4.78 is 5.87. The van der Waals surface area contributed by atoms with Crippen LogP contribution in [0.15, 0.2) is 0 Å². The topological polar surface area (TPSA) is 47.0 Å². The lowest BCUT2D eigenvalue weighted by atomic mass is 9.96. The van der Waals surface area contributed by atoms with Crippen molar-refractivity contribution in [2.45, 2.75) is 71.8 Å². The maximum atomic E-state index is 5.87. The highest BCUT2D eigenvalue weighted by Crippen LogP contribution is 2.29. The van der Waals surface area contributed by atoms with Gasteiger partial charge in [-0.2, -0.15) is 0 Å². The number of nitrogens with zero attached hydrogens (tertiary/aromatic N) is 2. The van der Waals surface area contributed by atoms with Gasteiger partial charge in [0.2, 0.25) is 0 Å². The molecule has 0 saturated carbocycles. The van der Waals surface area contributed by atoms with E-state index < -0.39 is 0 Å². The van der Waals surface area contributed by atoms with E-state index in [1.165, 1.54) is 24.1 Å². The highest BCUT2D eigenvalue weighted by atomic mass is 16.5. The van der Waals surface area contributed by atoms with Gasteiger partial charge in [-0.3, -0.25) is 0 Å². The molecule has 1 aromatic rings. The SMILES string of the molecule is CCCNc1nc(C(CCC)OCC)nc2c1CCCC2. The Bertz CT molecular complexity index is 442. The largest absolute Gasteiger partial charge is 0.371 e. The number of aryl methyl sites for hydroxylation is 1. The molecule has 4 nitrogen and oxygen atoms in total.